The topological polar surface area (TPSA) is 64.7 Å². The van der Waals surface area contributed by atoms with E-state index >= 15 is 0 Å². The Labute approximate surface area is 103 Å². The van der Waals surface area contributed by atoms with Crippen LogP contribution in [0.3, 0.4) is 0 Å². The number of allylic oxidation sites excluding steroid dienone is 1. The molecule has 1 saturated carbocycles. The average Bonchev–Trinajstić information content (AvgIpc) is 2.74. The molecule has 17 heavy (non-hydrogen) atoms. The molecule has 2 rings (SSSR count). The molecule has 2 aliphatic rings. The largest absolute Gasteiger partial charge is 0.388 e. The molecule has 0 aromatic rings. The minimum atomic E-state index is -0.775. The summed E-state index contributed by atoms with van der Waals surface area (Å²) >= 11 is 0. The van der Waals surface area contributed by atoms with Gasteiger partial charge in [-0.25, -0.2) is 0 Å². The maximum Gasteiger partial charge on any atom is 0.157 e. The highest BCUT2D eigenvalue weighted by atomic mass is 16.7. The molecule has 1 fully saturated rings. The highest BCUT2D eigenvalue weighted by molar-refractivity contribution is 5.27. The molecule has 0 amide bonds. The fourth-order valence-corrected chi connectivity index (χ4v) is 3.57. The SMILES string of the molecule is COC(C[C@H]1[C@@H]2C=C[C@@]1(C)C(O)(CN)C2)OC. The Morgan fingerprint density at radius 3 is 2.59 bits per heavy atom. The Morgan fingerprint density at radius 1 is 1.47 bits per heavy atom. The van der Waals surface area contributed by atoms with E-state index in [2.05, 4.69) is 19.1 Å². The third kappa shape index (κ3) is 1.74. The molecule has 0 radical (unpaired) electrons. The molecule has 0 spiro atoms. The molecular formula is C13H23NO3. The molecule has 0 aromatic heterocycles. The number of hydrogen-bond donors (Lipinski definition) is 2. The van der Waals surface area contributed by atoms with Gasteiger partial charge in [0.2, 0.25) is 0 Å². The molecule has 0 saturated heterocycles. The van der Waals surface area contributed by atoms with Gasteiger partial charge in [-0.2, -0.15) is 0 Å². The Bertz CT molecular complexity index is 316. The number of ether oxygens (including phenoxy) is 2. The zero-order valence-electron chi connectivity index (χ0n) is 10.8. The summed E-state index contributed by atoms with van der Waals surface area (Å²) in [6.07, 6.45) is 5.67. The van der Waals surface area contributed by atoms with Crippen LogP contribution in [0, 0.1) is 17.3 Å². The van der Waals surface area contributed by atoms with Crippen molar-refractivity contribution in [2.24, 2.45) is 23.0 Å². The van der Waals surface area contributed by atoms with Crippen molar-refractivity contribution < 1.29 is 14.6 Å². The van der Waals surface area contributed by atoms with Crippen molar-refractivity contribution in [2.45, 2.75) is 31.7 Å². The third-order valence-electron chi connectivity index (χ3n) is 4.86. The van der Waals surface area contributed by atoms with Crippen molar-refractivity contribution in [1.82, 2.24) is 0 Å². The smallest absolute Gasteiger partial charge is 0.157 e. The number of hydrogen-bond acceptors (Lipinski definition) is 4. The van der Waals surface area contributed by atoms with Gasteiger partial charge in [-0.3, -0.25) is 0 Å². The van der Waals surface area contributed by atoms with E-state index in [9.17, 15) is 5.11 Å². The van der Waals surface area contributed by atoms with Gasteiger partial charge in [0.1, 0.15) is 0 Å². The summed E-state index contributed by atoms with van der Waals surface area (Å²) < 4.78 is 10.5. The van der Waals surface area contributed by atoms with Gasteiger partial charge in [0.15, 0.2) is 6.29 Å². The van der Waals surface area contributed by atoms with Crippen LogP contribution in [0.4, 0.5) is 0 Å². The molecule has 0 aromatic carbocycles. The summed E-state index contributed by atoms with van der Waals surface area (Å²) in [5.74, 6) is 0.738. The van der Waals surface area contributed by atoms with Crippen molar-refractivity contribution in [1.29, 1.82) is 0 Å². The molecule has 0 aliphatic heterocycles. The highest BCUT2D eigenvalue weighted by Crippen LogP contribution is 2.60. The summed E-state index contributed by atoms with van der Waals surface area (Å²) in [7, 11) is 3.30. The van der Waals surface area contributed by atoms with Crippen LogP contribution >= 0.6 is 0 Å². The molecular weight excluding hydrogens is 218 g/mol. The maximum absolute atomic E-state index is 10.6. The molecule has 2 aliphatic carbocycles. The van der Waals surface area contributed by atoms with Gasteiger partial charge >= 0.3 is 0 Å². The Hall–Kier alpha value is -0.420. The number of aliphatic hydroxyl groups is 1. The minimum Gasteiger partial charge on any atom is -0.388 e. The van der Waals surface area contributed by atoms with Crippen molar-refractivity contribution in [3.8, 4) is 0 Å². The molecule has 4 heteroatoms. The van der Waals surface area contributed by atoms with E-state index in [1.165, 1.54) is 0 Å². The first-order valence-corrected chi connectivity index (χ1v) is 6.18. The number of fused-ring (bicyclic) bond motifs is 2. The molecule has 1 unspecified atom stereocenters. The second kappa shape index (κ2) is 4.35. The molecule has 4 atom stereocenters. The Morgan fingerprint density at radius 2 is 2.12 bits per heavy atom. The fourth-order valence-electron chi connectivity index (χ4n) is 3.57. The van der Waals surface area contributed by atoms with E-state index in [1.807, 2.05) is 0 Å². The Kier molecular flexibility index (Phi) is 3.34. The quantitative estimate of drug-likeness (QED) is 0.554. The van der Waals surface area contributed by atoms with Crippen molar-refractivity contribution in [3.63, 3.8) is 0 Å². The zero-order chi connectivity index (χ0) is 12.7. The van der Waals surface area contributed by atoms with Crippen LogP contribution in [-0.2, 0) is 9.47 Å². The first-order chi connectivity index (χ1) is 8.00. The molecule has 0 heterocycles. The predicted octanol–water partition coefficient (Wildman–Crippen LogP) is 0.897. The fraction of sp³-hybridized carbons (Fsp3) is 0.846. The summed E-state index contributed by atoms with van der Waals surface area (Å²) in [6.45, 7) is 2.40. The molecule has 3 N–H and O–H groups in total. The average molecular weight is 241 g/mol. The van der Waals surface area contributed by atoms with Crippen molar-refractivity contribution in [3.05, 3.63) is 12.2 Å². The number of rotatable bonds is 5. The van der Waals surface area contributed by atoms with Crippen molar-refractivity contribution >= 4 is 0 Å². The standard InChI is InChI=1S/C13H23NO3/c1-12-5-4-9(7-13(12,15)8-14)10(12)6-11(16-2)17-3/h4-5,9-11,15H,6-8,14H2,1-3H3/t9-,10+,12-,13?/m1/s1. The monoisotopic (exact) mass is 241 g/mol. The zero-order valence-corrected chi connectivity index (χ0v) is 10.8. The lowest BCUT2D eigenvalue weighted by Gasteiger charge is -2.40. The van der Waals surface area contributed by atoms with Crippen LogP contribution < -0.4 is 5.73 Å². The summed E-state index contributed by atoms with van der Waals surface area (Å²) in [6, 6.07) is 0. The van der Waals surface area contributed by atoms with E-state index in [-0.39, 0.29) is 11.7 Å². The van der Waals surface area contributed by atoms with Crippen molar-refractivity contribution in [2.75, 3.05) is 20.8 Å². The van der Waals surface area contributed by atoms with E-state index in [1.54, 1.807) is 14.2 Å². The van der Waals surface area contributed by atoms with Gasteiger partial charge in [0, 0.05) is 32.6 Å². The van der Waals surface area contributed by atoms with E-state index in [0.29, 0.717) is 18.4 Å². The lowest BCUT2D eigenvalue weighted by atomic mass is 9.71. The van der Waals surface area contributed by atoms with Crippen LogP contribution in [-0.4, -0.2) is 37.8 Å². The third-order valence-corrected chi connectivity index (χ3v) is 4.86. The molecule has 98 valence electrons. The van der Waals surface area contributed by atoms with Crippen LogP contribution in [0.25, 0.3) is 0 Å². The summed E-state index contributed by atoms with van der Waals surface area (Å²) in [5, 5.41) is 10.6. The minimum absolute atomic E-state index is 0.207. The van der Waals surface area contributed by atoms with Gasteiger partial charge in [-0.15, -0.1) is 0 Å². The predicted molar refractivity (Wildman–Crippen MR) is 65.3 cm³/mol. The van der Waals surface area contributed by atoms with Crippen LogP contribution in [0.2, 0.25) is 0 Å². The number of nitrogens with two attached hydrogens (primary N) is 1. The maximum atomic E-state index is 10.6. The van der Waals surface area contributed by atoms with E-state index < -0.39 is 5.60 Å². The summed E-state index contributed by atoms with van der Waals surface area (Å²) in [5.41, 5.74) is 4.73. The normalized spacial score (nSPS) is 43.9. The van der Waals surface area contributed by atoms with Crippen LogP contribution in [0.1, 0.15) is 19.8 Å². The lowest BCUT2D eigenvalue weighted by Crippen LogP contribution is -2.49. The summed E-state index contributed by atoms with van der Waals surface area (Å²) in [4.78, 5) is 0. The van der Waals surface area contributed by atoms with E-state index in [4.69, 9.17) is 15.2 Å². The highest BCUT2D eigenvalue weighted by Gasteiger charge is 2.61. The van der Waals surface area contributed by atoms with Gasteiger partial charge in [-0.1, -0.05) is 19.1 Å². The van der Waals surface area contributed by atoms with Gasteiger partial charge < -0.3 is 20.3 Å². The van der Waals surface area contributed by atoms with E-state index in [0.717, 1.165) is 12.8 Å². The van der Waals surface area contributed by atoms with Gasteiger partial charge in [0.25, 0.3) is 0 Å². The number of methoxy groups -OCH3 is 2. The van der Waals surface area contributed by atoms with Gasteiger partial charge in [-0.05, 0) is 18.3 Å². The van der Waals surface area contributed by atoms with Crippen LogP contribution in [0.15, 0.2) is 12.2 Å². The lowest BCUT2D eigenvalue weighted by molar-refractivity contribution is -0.125. The first kappa shape index (κ1) is 13.0. The molecule has 2 bridgehead atoms. The second-order valence-corrected chi connectivity index (χ2v) is 5.49. The van der Waals surface area contributed by atoms with Crippen LogP contribution in [0.5, 0.6) is 0 Å². The Balaban J connectivity index is 2.17. The molecule has 4 nitrogen and oxygen atoms in total. The second-order valence-electron chi connectivity index (χ2n) is 5.49. The van der Waals surface area contributed by atoms with Gasteiger partial charge in [0.05, 0.1) is 5.60 Å². The first-order valence-electron chi connectivity index (χ1n) is 6.18.